The number of benzene rings is 2. The molecule has 3 heteroatoms. The van der Waals surface area contributed by atoms with Crippen molar-refractivity contribution in [1.82, 2.24) is 5.32 Å². The van der Waals surface area contributed by atoms with Crippen LogP contribution in [0.25, 0.3) is 0 Å². The first kappa shape index (κ1) is 16.2. The highest BCUT2D eigenvalue weighted by Gasteiger charge is 2.17. The molecule has 0 saturated heterocycles. The largest absolute Gasteiger partial charge is 0.310 e. The molecule has 0 aliphatic heterocycles. The average Bonchev–Trinajstić information content (AvgIpc) is 2.44. The lowest BCUT2D eigenvalue weighted by Gasteiger charge is -2.23. The van der Waals surface area contributed by atoms with Crippen LogP contribution in [0.5, 0.6) is 0 Å². The zero-order valence-corrected chi connectivity index (χ0v) is 14.3. The third-order valence-corrected chi connectivity index (χ3v) is 4.68. The van der Waals surface area contributed by atoms with Crippen molar-refractivity contribution in [2.24, 2.45) is 0 Å². The number of aryl methyl sites for hydroxylation is 2. The summed E-state index contributed by atoms with van der Waals surface area (Å²) in [4.78, 5) is 0. The van der Waals surface area contributed by atoms with Gasteiger partial charge in [0.15, 0.2) is 0 Å². The van der Waals surface area contributed by atoms with Gasteiger partial charge in [-0.3, -0.25) is 0 Å². The molecule has 0 saturated carbocycles. The predicted molar refractivity (Wildman–Crippen MR) is 90.1 cm³/mol. The summed E-state index contributed by atoms with van der Waals surface area (Å²) >= 11 is 3.37. The minimum absolute atomic E-state index is 0.189. The van der Waals surface area contributed by atoms with E-state index in [4.69, 9.17) is 0 Å². The number of nitrogens with one attached hydrogen (secondary N) is 1. The smallest absolute Gasteiger partial charge is 0.137 e. The fraction of sp³-hybridized carbons (Fsp3) is 0.333. The second-order valence-electron chi connectivity index (χ2n) is 5.33. The molecule has 21 heavy (non-hydrogen) atoms. The number of rotatable bonds is 5. The fourth-order valence-electron chi connectivity index (χ4n) is 2.83. The van der Waals surface area contributed by atoms with E-state index in [1.54, 1.807) is 6.07 Å². The van der Waals surface area contributed by atoms with Gasteiger partial charge in [-0.05, 0) is 71.1 Å². The van der Waals surface area contributed by atoms with Gasteiger partial charge in [-0.15, -0.1) is 0 Å². The summed E-state index contributed by atoms with van der Waals surface area (Å²) in [6.45, 7) is 7.24. The molecule has 2 aromatic carbocycles. The molecule has 2 aromatic rings. The second-order valence-corrected chi connectivity index (χ2v) is 6.13. The molecule has 0 aliphatic carbocycles. The maximum Gasteiger partial charge on any atom is 0.137 e. The van der Waals surface area contributed by atoms with Gasteiger partial charge in [-0.25, -0.2) is 4.39 Å². The Hall–Kier alpha value is -1.19. The molecule has 0 aliphatic rings. The summed E-state index contributed by atoms with van der Waals surface area (Å²) in [6.07, 6.45) is 0.762. The van der Waals surface area contributed by atoms with Crippen LogP contribution in [0.4, 0.5) is 4.39 Å². The molecular weight excluding hydrogens is 329 g/mol. The third-order valence-electron chi connectivity index (χ3n) is 3.80. The lowest BCUT2D eigenvalue weighted by Crippen LogP contribution is -2.24. The van der Waals surface area contributed by atoms with Gasteiger partial charge in [-0.1, -0.05) is 37.3 Å². The monoisotopic (exact) mass is 349 g/mol. The van der Waals surface area contributed by atoms with Gasteiger partial charge < -0.3 is 5.32 Å². The zero-order chi connectivity index (χ0) is 15.4. The summed E-state index contributed by atoms with van der Waals surface area (Å²) in [6, 6.07) is 11.8. The van der Waals surface area contributed by atoms with Crippen molar-refractivity contribution in [2.75, 3.05) is 6.54 Å². The molecular formula is C18H21BrFN. The van der Waals surface area contributed by atoms with E-state index in [0.717, 1.165) is 18.5 Å². The van der Waals surface area contributed by atoms with Crippen molar-refractivity contribution in [2.45, 2.75) is 33.2 Å². The van der Waals surface area contributed by atoms with Crippen molar-refractivity contribution in [3.05, 3.63) is 68.9 Å². The third kappa shape index (κ3) is 3.72. The Kier molecular flexibility index (Phi) is 5.54. The Balaban J connectivity index is 2.38. The van der Waals surface area contributed by atoms with E-state index < -0.39 is 0 Å². The molecule has 0 bridgehead atoms. The first-order valence-corrected chi connectivity index (χ1v) is 8.06. The average molecular weight is 350 g/mol. The fourth-order valence-corrected chi connectivity index (χ4v) is 3.25. The highest BCUT2D eigenvalue weighted by molar-refractivity contribution is 9.10. The molecule has 0 aromatic heterocycles. The molecule has 112 valence electrons. The molecule has 1 atom stereocenters. The molecule has 0 fully saturated rings. The van der Waals surface area contributed by atoms with Crippen molar-refractivity contribution in [3.63, 3.8) is 0 Å². The van der Waals surface area contributed by atoms with Crippen molar-refractivity contribution in [3.8, 4) is 0 Å². The summed E-state index contributed by atoms with van der Waals surface area (Å²) < 4.78 is 14.3. The molecule has 0 radical (unpaired) electrons. The standard InChI is InChI=1S/C18H21BrFN/c1-4-21-16(17-12(2)7-5-8-13(17)3)11-14-9-6-10-15(20)18(14)19/h5-10,16,21H,4,11H2,1-3H3. The lowest BCUT2D eigenvalue weighted by molar-refractivity contribution is 0.540. The maximum absolute atomic E-state index is 13.7. The van der Waals surface area contributed by atoms with Crippen LogP contribution in [0.3, 0.4) is 0 Å². The van der Waals surface area contributed by atoms with E-state index in [1.807, 2.05) is 6.07 Å². The Morgan fingerprint density at radius 1 is 1.10 bits per heavy atom. The van der Waals surface area contributed by atoms with Crippen LogP contribution < -0.4 is 5.32 Å². The Morgan fingerprint density at radius 2 is 1.71 bits per heavy atom. The second kappa shape index (κ2) is 7.19. The normalized spacial score (nSPS) is 12.4. The van der Waals surface area contributed by atoms with Crippen molar-refractivity contribution < 1.29 is 4.39 Å². The Bertz CT molecular complexity index is 604. The Morgan fingerprint density at radius 3 is 2.33 bits per heavy atom. The van der Waals surface area contributed by atoms with E-state index in [1.165, 1.54) is 22.8 Å². The van der Waals surface area contributed by atoms with Crippen LogP contribution in [0.1, 0.15) is 35.2 Å². The van der Waals surface area contributed by atoms with Crippen LogP contribution in [0.15, 0.2) is 40.9 Å². The van der Waals surface area contributed by atoms with E-state index in [2.05, 4.69) is 60.2 Å². The van der Waals surface area contributed by atoms with Crippen molar-refractivity contribution in [1.29, 1.82) is 0 Å². The quantitative estimate of drug-likeness (QED) is 0.791. The highest BCUT2D eigenvalue weighted by atomic mass is 79.9. The van der Waals surface area contributed by atoms with Crippen LogP contribution >= 0.6 is 15.9 Å². The molecule has 1 N–H and O–H groups in total. The van der Waals surface area contributed by atoms with Gasteiger partial charge in [-0.2, -0.15) is 0 Å². The van der Waals surface area contributed by atoms with Gasteiger partial charge in [0, 0.05) is 6.04 Å². The first-order valence-electron chi connectivity index (χ1n) is 7.27. The first-order chi connectivity index (χ1) is 10.0. The summed E-state index contributed by atoms with van der Waals surface area (Å²) in [7, 11) is 0. The minimum atomic E-state index is -0.204. The summed E-state index contributed by atoms with van der Waals surface area (Å²) in [5, 5.41) is 3.53. The molecule has 1 nitrogen and oxygen atoms in total. The number of halogens is 2. The summed E-state index contributed by atoms with van der Waals surface area (Å²) in [5.41, 5.74) is 4.85. The highest BCUT2D eigenvalue weighted by Crippen LogP contribution is 2.29. The molecule has 0 spiro atoms. The number of likely N-dealkylation sites (N-methyl/N-ethyl adjacent to an activating group) is 1. The van der Waals surface area contributed by atoms with E-state index in [9.17, 15) is 4.39 Å². The molecule has 0 amide bonds. The van der Waals surface area contributed by atoms with E-state index in [-0.39, 0.29) is 11.9 Å². The van der Waals surface area contributed by atoms with Gasteiger partial charge in [0.1, 0.15) is 5.82 Å². The zero-order valence-electron chi connectivity index (χ0n) is 12.7. The minimum Gasteiger partial charge on any atom is -0.310 e. The van der Waals surface area contributed by atoms with Gasteiger partial charge >= 0.3 is 0 Å². The maximum atomic E-state index is 13.7. The van der Waals surface area contributed by atoms with Crippen LogP contribution in [0.2, 0.25) is 0 Å². The predicted octanol–water partition coefficient (Wildman–Crippen LogP) is 5.10. The molecule has 1 unspecified atom stereocenters. The topological polar surface area (TPSA) is 12.0 Å². The van der Waals surface area contributed by atoms with Gasteiger partial charge in [0.05, 0.1) is 4.47 Å². The SMILES string of the molecule is CCNC(Cc1cccc(F)c1Br)c1c(C)cccc1C. The Labute approximate surface area is 134 Å². The number of hydrogen-bond acceptors (Lipinski definition) is 1. The summed E-state index contributed by atoms with van der Waals surface area (Å²) in [5.74, 6) is -0.204. The molecule has 0 heterocycles. The molecule has 2 rings (SSSR count). The van der Waals surface area contributed by atoms with Gasteiger partial charge in [0.25, 0.3) is 0 Å². The van der Waals surface area contributed by atoms with E-state index in [0.29, 0.717) is 4.47 Å². The van der Waals surface area contributed by atoms with Gasteiger partial charge in [0.2, 0.25) is 0 Å². The van der Waals surface area contributed by atoms with Crippen LogP contribution in [-0.2, 0) is 6.42 Å². The van der Waals surface area contributed by atoms with Crippen LogP contribution in [-0.4, -0.2) is 6.54 Å². The van der Waals surface area contributed by atoms with Crippen molar-refractivity contribution >= 4 is 15.9 Å². The van der Waals surface area contributed by atoms with E-state index >= 15 is 0 Å². The number of hydrogen-bond donors (Lipinski definition) is 1. The lowest BCUT2D eigenvalue weighted by atomic mass is 9.91. The van der Waals surface area contributed by atoms with Crippen LogP contribution in [0, 0.1) is 19.7 Å².